The third kappa shape index (κ3) is 1.85. The van der Waals surface area contributed by atoms with Crippen LogP contribution in [-0.2, 0) is 0 Å². The van der Waals surface area contributed by atoms with Crippen molar-refractivity contribution >= 4 is 5.52 Å². The highest BCUT2D eigenvalue weighted by atomic mass is 16.3. The molecule has 0 aliphatic heterocycles. The molecule has 126 valence electrons. The minimum atomic E-state index is -0.336. The highest BCUT2D eigenvalue weighted by Gasteiger charge is 2.58. The first-order chi connectivity index (χ1) is 11.7. The number of nitrogens with zero attached hydrogens (tertiary/aromatic N) is 2. The van der Waals surface area contributed by atoms with Crippen LogP contribution >= 0.6 is 0 Å². The number of rotatable bonds is 4. The lowest BCUT2D eigenvalue weighted by atomic mass is 9.71. The summed E-state index contributed by atoms with van der Waals surface area (Å²) in [4.78, 5) is 4.33. The van der Waals surface area contributed by atoms with Crippen LogP contribution < -0.4 is 0 Å². The van der Waals surface area contributed by atoms with Crippen LogP contribution in [0.5, 0.6) is 0 Å². The number of hydrogen-bond acceptors (Lipinski definition) is 2. The van der Waals surface area contributed by atoms with Gasteiger partial charge in [-0.3, -0.25) is 0 Å². The maximum Gasteiger partial charge on any atom is 0.0995 e. The largest absolute Gasteiger partial charge is 0.387 e. The molecule has 0 aromatic carbocycles. The first kappa shape index (κ1) is 13.9. The van der Waals surface area contributed by atoms with E-state index in [-0.39, 0.29) is 6.10 Å². The topological polar surface area (TPSA) is 37.5 Å². The van der Waals surface area contributed by atoms with E-state index in [0.29, 0.717) is 11.3 Å². The van der Waals surface area contributed by atoms with E-state index in [1.54, 1.807) is 0 Å². The summed E-state index contributed by atoms with van der Waals surface area (Å²) in [6.45, 7) is 0. The highest BCUT2D eigenvalue weighted by molar-refractivity contribution is 5.50. The van der Waals surface area contributed by atoms with Gasteiger partial charge in [-0.2, -0.15) is 0 Å². The summed E-state index contributed by atoms with van der Waals surface area (Å²) in [5.74, 6) is 3.47. The Kier molecular flexibility index (Phi) is 2.68. The maximum absolute atomic E-state index is 11.3. The van der Waals surface area contributed by atoms with Crippen molar-refractivity contribution in [3.63, 3.8) is 0 Å². The minimum absolute atomic E-state index is 0.336. The Morgan fingerprint density at radius 2 is 1.96 bits per heavy atom. The summed E-state index contributed by atoms with van der Waals surface area (Å²) in [6, 6.07) is 4.42. The van der Waals surface area contributed by atoms with Crippen LogP contribution in [0.4, 0.5) is 0 Å². The van der Waals surface area contributed by atoms with Gasteiger partial charge in [-0.15, -0.1) is 0 Å². The zero-order chi connectivity index (χ0) is 15.9. The molecule has 3 heteroatoms. The lowest BCUT2D eigenvalue weighted by Crippen LogP contribution is -2.26. The summed E-state index contributed by atoms with van der Waals surface area (Å²) in [7, 11) is 0. The highest BCUT2D eigenvalue weighted by Crippen LogP contribution is 2.67. The zero-order valence-electron chi connectivity index (χ0n) is 14.2. The normalized spacial score (nSPS) is 38.3. The number of imidazole rings is 1. The lowest BCUT2D eigenvalue weighted by Gasteiger charge is -2.35. The second-order valence-corrected chi connectivity index (χ2v) is 9.26. The van der Waals surface area contributed by atoms with Gasteiger partial charge in [0.1, 0.15) is 0 Å². The Morgan fingerprint density at radius 1 is 1.17 bits per heavy atom. The predicted molar refractivity (Wildman–Crippen MR) is 92.7 cm³/mol. The van der Waals surface area contributed by atoms with Gasteiger partial charge >= 0.3 is 0 Å². The second kappa shape index (κ2) is 4.63. The first-order valence-electron chi connectivity index (χ1n) is 9.85. The molecular weight excluding hydrogens is 296 g/mol. The second-order valence-electron chi connectivity index (χ2n) is 9.26. The van der Waals surface area contributed by atoms with Crippen molar-refractivity contribution < 1.29 is 5.11 Å². The predicted octanol–water partition coefficient (Wildman–Crippen LogP) is 4.46. The number of fused-ring (bicyclic) bond motifs is 1. The quantitative estimate of drug-likeness (QED) is 0.902. The van der Waals surface area contributed by atoms with Crippen LogP contribution in [0.1, 0.15) is 74.6 Å². The molecule has 0 amide bonds. The van der Waals surface area contributed by atoms with Crippen molar-refractivity contribution in [2.45, 2.75) is 63.4 Å². The Balaban J connectivity index is 1.40. The SMILES string of the molecule is OC(CC12CC3CC(CC1C3)C2)c1c(C2CC2)ccc2cncn12. The standard InChI is InChI=1S/C21H26N2O/c24-19(10-21-8-13-5-14(9-21)7-16(21)6-13)20-18(15-1-2-15)4-3-17-11-22-12-23(17)20/h3-4,11-16,19,24H,1-2,5-10H2. The minimum Gasteiger partial charge on any atom is -0.387 e. The molecular formula is C21H26N2O. The molecule has 2 aromatic heterocycles. The van der Waals surface area contributed by atoms with Gasteiger partial charge in [-0.1, -0.05) is 6.07 Å². The van der Waals surface area contributed by atoms with Crippen molar-refractivity contribution in [1.82, 2.24) is 9.38 Å². The average molecular weight is 322 g/mol. The molecule has 5 aliphatic carbocycles. The molecule has 1 N–H and O–H groups in total. The first-order valence-corrected chi connectivity index (χ1v) is 9.85. The molecule has 4 bridgehead atoms. The Hall–Kier alpha value is -1.35. The van der Waals surface area contributed by atoms with Crippen molar-refractivity contribution in [3.8, 4) is 0 Å². The van der Waals surface area contributed by atoms with E-state index in [1.165, 1.54) is 50.5 Å². The van der Waals surface area contributed by atoms with Crippen molar-refractivity contribution in [2.24, 2.45) is 23.2 Å². The molecule has 5 fully saturated rings. The van der Waals surface area contributed by atoms with Gasteiger partial charge in [0.05, 0.1) is 29.8 Å². The van der Waals surface area contributed by atoms with E-state index >= 15 is 0 Å². The van der Waals surface area contributed by atoms with Gasteiger partial charge < -0.3 is 9.51 Å². The zero-order valence-corrected chi connectivity index (χ0v) is 14.2. The summed E-state index contributed by atoms with van der Waals surface area (Å²) < 4.78 is 2.16. The molecule has 2 heterocycles. The lowest BCUT2D eigenvalue weighted by molar-refractivity contribution is 0.0701. The van der Waals surface area contributed by atoms with Crippen LogP contribution in [0.25, 0.3) is 5.52 Å². The van der Waals surface area contributed by atoms with E-state index in [0.717, 1.165) is 35.4 Å². The fraction of sp³-hybridized carbons (Fsp3) is 0.667. The van der Waals surface area contributed by atoms with E-state index < -0.39 is 0 Å². The van der Waals surface area contributed by atoms with Gasteiger partial charge in [0, 0.05) is 0 Å². The number of aliphatic hydroxyl groups excluding tert-OH is 1. The molecule has 24 heavy (non-hydrogen) atoms. The Bertz CT molecular complexity index is 791. The molecule has 7 rings (SSSR count). The summed E-state index contributed by atoms with van der Waals surface area (Å²) >= 11 is 0. The van der Waals surface area contributed by atoms with Crippen molar-refractivity contribution in [1.29, 1.82) is 0 Å². The van der Waals surface area contributed by atoms with Gasteiger partial charge in [-0.25, -0.2) is 4.98 Å². The van der Waals surface area contributed by atoms with Crippen LogP contribution in [-0.4, -0.2) is 14.5 Å². The van der Waals surface area contributed by atoms with Crippen LogP contribution in [0.3, 0.4) is 0 Å². The molecule has 0 saturated heterocycles. The van der Waals surface area contributed by atoms with Gasteiger partial charge in [-0.05, 0) is 92.1 Å². The molecule has 5 aliphatic rings. The molecule has 3 nitrogen and oxygen atoms in total. The summed E-state index contributed by atoms with van der Waals surface area (Å²) in [6.07, 6.45) is 14.1. The van der Waals surface area contributed by atoms with Crippen LogP contribution in [0.2, 0.25) is 0 Å². The number of aromatic nitrogens is 2. The van der Waals surface area contributed by atoms with Gasteiger partial charge in [0.15, 0.2) is 0 Å². The molecule has 2 aromatic rings. The number of pyridine rings is 1. The van der Waals surface area contributed by atoms with Crippen LogP contribution in [0.15, 0.2) is 24.7 Å². The molecule has 0 radical (unpaired) electrons. The molecule has 3 unspecified atom stereocenters. The monoisotopic (exact) mass is 322 g/mol. The van der Waals surface area contributed by atoms with Crippen molar-refractivity contribution in [2.75, 3.05) is 0 Å². The molecule has 0 spiro atoms. The third-order valence-corrected chi connectivity index (χ3v) is 7.75. The van der Waals surface area contributed by atoms with E-state index in [9.17, 15) is 5.11 Å². The molecule has 3 atom stereocenters. The fourth-order valence-corrected chi connectivity index (χ4v) is 6.90. The van der Waals surface area contributed by atoms with E-state index in [1.807, 2.05) is 12.5 Å². The number of hydrogen-bond donors (Lipinski definition) is 1. The van der Waals surface area contributed by atoms with Crippen molar-refractivity contribution in [3.05, 3.63) is 35.9 Å². The summed E-state index contributed by atoms with van der Waals surface area (Å²) in [5.41, 5.74) is 4.08. The maximum atomic E-state index is 11.3. The van der Waals surface area contributed by atoms with Gasteiger partial charge in [0.25, 0.3) is 0 Å². The third-order valence-electron chi connectivity index (χ3n) is 7.75. The van der Waals surface area contributed by atoms with E-state index in [2.05, 4.69) is 21.5 Å². The fourth-order valence-electron chi connectivity index (χ4n) is 6.90. The average Bonchev–Trinajstić information content (AvgIpc) is 3.18. The number of aliphatic hydroxyl groups is 1. The smallest absolute Gasteiger partial charge is 0.0995 e. The van der Waals surface area contributed by atoms with Gasteiger partial charge in [0.2, 0.25) is 0 Å². The Morgan fingerprint density at radius 3 is 2.71 bits per heavy atom. The van der Waals surface area contributed by atoms with E-state index in [4.69, 9.17) is 0 Å². The molecule has 5 saturated carbocycles. The summed E-state index contributed by atoms with van der Waals surface area (Å²) in [5, 5.41) is 11.3. The Labute approximate surface area is 143 Å². The van der Waals surface area contributed by atoms with Crippen LogP contribution in [0, 0.1) is 23.2 Å².